The molecule has 74 valence electrons. The molecule has 0 fully saturated rings. The molecule has 0 spiro atoms. The molecule has 15 heavy (non-hydrogen) atoms. The smallest absolute Gasteiger partial charge is 0.00302 e. The second-order valence-corrected chi connectivity index (χ2v) is 4.23. The average Bonchev–Trinajstić information content (AvgIpc) is 2.77. The Kier molecular flexibility index (Phi) is 2.06. The molecule has 0 amide bonds. The van der Waals surface area contributed by atoms with Crippen molar-refractivity contribution in [2.45, 2.75) is 18.8 Å². The lowest BCUT2D eigenvalue weighted by atomic mass is 9.84. The van der Waals surface area contributed by atoms with E-state index < -0.39 is 0 Å². The molecule has 1 unspecified atom stereocenters. The number of rotatable bonds is 1. The van der Waals surface area contributed by atoms with Crippen molar-refractivity contribution in [1.29, 1.82) is 0 Å². The standard InChI is InChI=1S/C15H14/c1-2-5-12(6-3-1)15-10-9-13-7-4-8-14(13)11-15/h1-8,11,15H,9-10H2. The van der Waals surface area contributed by atoms with Gasteiger partial charge in [-0.2, -0.15) is 0 Å². The summed E-state index contributed by atoms with van der Waals surface area (Å²) in [4.78, 5) is 0. The topological polar surface area (TPSA) is 0 Å². The molecule has 0 heterocycles. The van der Waals surface area contributed by atoms with Gasteiger partial charge in [-0.1, -0.05) is 54.6 Å². The minimum absolute atomic E-state index is 0.612. The third-order valence-electron chi connectivity index (χ3n) is 3.28. The van der Waals surface area contributed by atoms with Crippen LogP contribution in [0.5, 0.6) is 0 Å². The van der Waals surface area contributed by atoms with Gasteiger partial charge >= 0.3 is 0 Å². The first kappa shape index (κ1) is 8.72. The average molecular weight is 194 g/mol. The van der Waals surface area contributed by atoms with Crippen LogP contribution < -0.4 is 0 Å². The highest BCUT2D eigenvalue weighted by Crippen LogP contribution is 2.36. The van der Waals surface area contributed by atoms with Crippen molar-refractivity contribution in [2.75, 3.05) is 0 Å². The second kappa shape index (κ2) is 3.54. The van der Waals surface area contributed by atoms with Crippen molar-refractivity contribution in [3.05, 3.63) is 71.3 Å². The van der Waals surface area contributed by atoms with Gasteiger partial charge in [-0.05, 0) is 29.6 Å². The number of hydrogen-bond donors (Lipinski definition) is 0. The van der Waals surface area contributed by atoms with Crippen LogP contribution in [0.25, 0.3) is 0 Å². The first-order valence-electron chi connectivity index (χ1n) is 5.58. The van der Waals surface area contributed by atoms with E-state index >= 15 is 0 Å². The highest BCUT2D eigenvalue weighted by atomic mass is 14.2. The maximum atomic E-state index is 2.41. The number of hydrogen-bond acceptors (Lipinski definition) is 0. The number of benzene rings is 1. The minimum atomic E-state index is 0.612. The number of fused-ring (bicyclic) bond motifs is 1. The first-order valence-corrected chi connectivity index (χ1v) is 5.58. The van der Waals surface area contributed by atoms with Gasteiger partial charge in [0, 0.05) is 5.92 Å². The SMILES string of the molecule is C1=CC2=CC(c3ccccc3)CCC2=C1. The van der Waals surface area contributed by atoms with Crippen molar-refractivity contribution in [2.24, 2.45) is 0 Å². The summed E-state index contributed by atoms with van der Waals surface area (Å²) in [6.45, 7) is 0. The van der Waals surface area contributed by atoms with Crippen LogP contribution >= 0.6 is 0 Å². The molecule has 0 aliphatic heterocycles. The molecule has 0 radical (unpaired) electrons. The molecule has 0 saturated heterocycles. The van der Waals surface area contributed by atoms with Crippen LogP contribution in [0.15, 0.2) is 65.8 Å². The summed E-state index contributed by atoms with van der Waals surface area (Å²) in [7, 11) is 0. The molecule has 0 N–H and O–H groups in total. The van der Waals surface area contributed by atoms with E-state index in [2.05, 4.69) is 54.6 Å². The third-order valence-corrected chi connectivity index (χ3v) is 3.28. The fraction of sp³-hybridized carbons (Fsp3) is 0.200. The lowest BCUT2D eigenvalue weighted by Gasteiger charge is -2.20. The summed E-state index contributed by atoms with van der Waals surface area (Å²) in [5, 5.41) is 0. The highest BCUT2D eigenvalue weighted by Gasteiger charge is 2.18. The van der Waals surface area contributed by atoms with Crippen LogP contribution in [0.4, 0.5) is 0 Å². The van der Waals surface area contributed by atoms with Gasteiger partial charge in [0.25, 0.3) is 0 Å². The third kappa shape index (κ3) is 1.56. The van der Waals surface area contributed by atoms with E-state index in [0.29, 0.717) is 5.92 Å². The molecule has 2 aliphatic carbocycles. The second-order valence-electron chi connectivity index (χ2n) is 4.23. The Labute approximate surface area is 90.6 Å². The molecule has 0 bridgehead atoms. The van der Waals surface area contributed by atoms with E-state index in [1.165, 1.54) is 29.6 Å². The van der Waals surface area contributed by atoms with Gasteiger partial charge in [-0.3, -0.25) is 0 Å². The van der Waals surface area contributed by atoms with Crippen molar-refractivity contribution < 1.29 is 0 Å². The Morgan fingerprint density at radius 1 is 1.07 bits per heavy atom. The van der Waals surface area contributed by atoms with Crippen molar-refractivity contribution in [3.8, 4) is 0 Å². The summed E-state index contributed by atoms with van der Waals surface area (Å²) < 4.78 is 0. The van der Waals surface area contributed by atoms with Crippen molar-refractivity contribution in [3.63, 3.8) is 0 Å². The Bertz CT molecular complexity index is 446. The zero-order valence-corrected chi connectivity index (χ0v) is 8.69. The van der Waals surface area contributed by atoms with Gasteiger partial charge in [-0.15, -0.1) is 0 Å². The van der Waals surface area contributed by atoms with E-state index in [1.54, 1.807) is 0 Å². The quantitative estimate of drug-likeness (QED) is 0.634. The maximum absolute atomic E-state index is 2.41. The highest BCUT2D eigenvalue weighted by molar-refractivity contribution is 5.51. The summed E-state index contributed by atoms with van der Waals surface area (Å²) >= 11 is 0. The summed E-state index contributed by atoms with van der Waals surface area (Å²) in [5.41, 5.74) is 4.40. The van der Waals surface area contributed by atoms with Gasteiger partial charge in [0.2, 0.25) is 0 Å². The molecule has 0 aromatic heterocycles. The molecule has 1 atom stereocenters. The van der Waals surface area contributed by atoms with Crippen LogP contribution in [0.2, 0.25) is 0 Å². The van der Waals surface area contributed by atoms with E-state index in [4.69, 9.17) is 0 Å². The molecule has 0 heteroatoms. The van der Waals surface area contributed by atoms with Gasteiger partial charge in [0.05, 0.1) is 0 Å². The largest absolute Gasteiger partial charge is 0.0695 e. The van der Waals surface area contributed by atoms with Gasteiger partial charge in [0.15, 0.2) is 0 Å². The van der Waals surface area contributed by atoms with Crippen molar-refractivity contribution >= 4 is 0 Å². The molecule has 1 aromatic rings. The summed E-state index contributed by atoms with van der Waals surface area (Å²) in [6.07, 6.45) is 11.5. The van der Waals surface area contributed by atoms with E-state index in [0.717, 1.165) is 0 Å². The van der Waals surface area contributed by atoms with Gasteiger partial charge < -0.3 is 0 Å². The van der Waals surface area contributed by atoms with Crippen LogP contribution in [-0.2, 0) is 0 Å². The molecule has 2 aliphatic rings. The lowest BCUT2D eigenvalue weighted by molar-refractivity contribution is 0.710. The lowest BCUT2D eigenvalue weighted by Crippen LogP contribution is -2.03. The number of allylic oxidation sites excluding steroid dienone is 6. The fourth-order valence-corrected chi connectivity index (χ4v) is 2.44. The van der Waals surface area contributed by atoms with Crippen LogP contribution in [-0.4, -0.2) is 0 Å². The van der Waals surface area contributed by atoms with Crippen LogP contribution in [0, 0.1) is 0 Å². The van der Waals surface area contributed by atoms with Crippen LogP contribution in [0.1, 0.15) is 24.3 Å². The predicted octanol–water partition coefficient (Wildman–Crippen LogP) is 3.99. The Balaban J connectivity index is 1.94. The zero-order chi connectivity index (χ0) is 10.1. The summed E-state index contributed by atoms with van der Waals surface area (Å²) in [6, 6.07) is 10.8. The Morgan fingerprint density at radius 3 is 2.80 bits per heavy atom. The molecular formula is C15H14. The normalized spacial score (nSPS) is 23.3. The molecular weight excluding hydrogens is 180 g/mol. The van der Waals surface area contributed by atoms with Gasteiger partial charge in [0.1, 0.15) is 0 Å². The van der Waals surface area contributed by atoms with Crippen LogP contribution in [0.3, 0.4) is 0 Å². The van der Waals surface area contributed by atoms with E-state index in [-0.39, 0.29) is 0 Å². The monoisotopic (exact) mass is 194 g/mol. The predicted molar refractivity (Wildman–Crippen MR) is 63.7 cm³/mol. The maximum Gasteiger partial charge on any atom is 0.00302 e. The zero-order valence-electron chi connectivity index (χ0n) is 8.69. The summed E-state index contributed by atoms with van der Waals surface area (Å²) in [5.74, 6) is 0.612. The molecule has 0 saturated carbocycles. The Hall–Kier alpha value is -1.56. The molecule has 0 nitrogen and oxygen atoms in total. The van der Waals surface area contributed by atoms with Gasteiger partial charge in [-0.25, -0.2) is 0 Å². The minimum Gasteiger partial charge on any atom is -0.0695 e. The van der Waals surface area contributed by atoms with E-state index in [1.807, 2.05) is 0 Å². The molecule has 3 rings (SSSR count). The van der Waals surface area contributed by atoms with E-state index in [9.17, 15) is 0 Å². The first-order chi connectivity index (χ1) is 7.43. The fourth-order valence-electron chi connectivity index (χ4n) is 2.44. The Morgan fingerprint density at radius 2 is 1.93 bits per heavy atom. The van der Waals surface area contributed by atoms with Crippen molar-refractivity contribution in [1.82, 2.24) is 0 Å². The molecule has 1 aromatic carbocycles.